The van der Waals surface area contributed by atoms with Gasteiger partial charge in [0.15, 0.2) is 0 Å². The topological polar surface area (TPSA) is 87.5 Å². The molecule has 0 aliphatic carbocycles. The number of likely N-dealkylation sites (tertiary alicyclic amines) is 1. The van der Waals surface area contributed by atoms with E-state index in [1.807, 2.05) is 0 Å². The number of imide groups is 1. The smallest absolute Gasteiger partial charge is 0.318 e. The zero-order valence-electron chi connectivity index (χ0n) is 10.7. The van der Waals surface area contributed by atoms with Crippen LogP contribution < -0.4 is 16.4 Å². The van der Waals surface area contributed by atoms with Crippen LogP contribution in [0.5, 0.6) is 0 Å². The van der Waals surface area contributed by atoms with Crippen molar-refractivity contribution in [1.29, 1.82) is 0 Å². The number of hydrogen-bond donors (Lipinski definition) is 3. The van der Waals surface area contributed by atoms with Gasteiger partial charge < -0.3 is 11.1 Å². The highest BCUT2D eigenvalue weighted by Crippen LogP contribution is 2.23. The Kier molecular flexibility index (Phi) is 4.54. The molecule has 18 heavy (non-hydrogen) atoms. The lowest BCUT2D eigenvalue weighted by atomic mass is 9.94. The van der Waals surface area contributed by atoms with Crippen LogP contribution >= 0.6 is 0 Å². The molecule has 0 saturated carbocycles. The highest BCUT2D eigenvalue weighted by atomic mass is 16.2. The van der Waals surface area contributed by atoms with Gasteiger partial charge in [0.1, 0.15) is 0 Å². The van der Waals surface area contributed by atoms with Gasteiger partial charge in [-0.25, -0.2) is 4.79 Å². The van der Waals surface area contributed by atoms with Gasteiger partial charge in [0.2, 0.25) is 5.91 Å². The minimum absolute atomic E-state index is 0.270. The van der Waals surface area contributed by atoms with Crippen molar-refractivity contribution in [2.75, 3.05) is 19.6 Å². The summed E-state index contributed by atoms with van der Waals surface area (Å²) in [6.45, 7) is 2.27. The molecule has 2 heterocycles. The standard InChI is InChI=1S/C12H22N4O2/c13-12(18)15-11(17)8-16-7-2-1-5-10(16)9-4-3-6-14-9/h9-10,14H,1-8H2,(H3,13,15,17,18). The van der Waals surface area contributed by atoms with Gasteiger partial charge in [-0.15, -0.1) is 0 Å². The van der Waals surface area contributed by atoms with E-state index >= 15 is 0 Å². The lowest BCUT2D eigenvalue weighted by Gasteiger charge is -2.38. The third-order valence-corrected chi connectivity index (χ3v) is 3.84. The van der Waals surface area contributed by atoms with Crippen LogP contribution in [-0.2, 0) is 4.79 Å². The summed E-state index contributed by atoms with van der Waals surface area (Å²) in [6, 6.07) is 0.138. The summed E-state index contributed by atoms with van der Waals surface area (Å²) in [6.07, 6.45) is 5.85. The number of carbonyl (C=O) groups is 2. The van der Waals surface area contributed by atoms with Crippen LogP contribution in [0, 0.1) is 0 Å². The van der Waals surface area contributed by atoms with Crippen LogP contribution in [0.25, 0.3) is 0 Å². The lowest BCUT2D eigenvalue weighted by Crippen LogP contribution is -2.53. The molecule has 0 radical (unpaired) electrons. The number of amides is 3. The first-order valence-electron chi connectivity index (χ1n) is 6.73. The Bertz CT molecular complexity index is 315. The van der Waals surface area contributed by atoms with Gasteiger partial charge >= 0.3 is 6.03 Å². The molecule has 2 unspecified atom stereocenters. The fourth-order valence-corrected chi connectivity index (χ4v) is 3.07. The summed E-state index contributed by atoms with van der Waals surface area (Å²) in [5.41, 5.74) is 4.95. The Morgan fingerprint density at radius 3 is 2.78 bits per heavy atom. The third kappa shape index (κ3) is 3.43. The van der Waals surface area contributed by atoms with Gasteiger partial charge in [0.25, 0.3) is 0 Å². The zero-order chi connectivity index (χ0) is 13.0. The summed E-state index contributed by atoms with van der Waals surface area (Å²) in [7, 11) is 0. The van der Waals surface area contributed by atoms with E-state index < -0.39 is 6.03 Å². The van der Waals surface area contributed by atoms with Crippen LogP contribution in [0.4, 0.5) is 4.79 Å². The van der Waals surface area contributed by atoms with Crippen molar-refractivity contribution in [3.63, 3.8) is 0 Å². The van der Waals surface area contributed by atoms with Gasteiger partial charge in [0, 0.05) is 12.1 Å². The van der Waals surface area contributed by atoms with Gasteiger partial charge in [-0.1, -0.05) is 6.42 Å². The molecule has 2 aliphatic rings. The van der Waals surface area contributed by atoms with E-state index in [0.717, 1.165) is 25.9 Å². The van der Waals surface area contributed by atoms with E-state index in [2.05, 4.69) is 15.5 Å². The maximum Gasteiger partial charge on any atom is 0.318 e. The number of rotatable bonds is 3. The van der Waals surface area contributed by atoms with E-state index in [4.69, 9.17) is 5.73 Å². The first-order chi connectivity index (χ1) is 8.66. The van der Waals surface area contributed by atoms with Crippen LogP contribution in [0.3, 0.4) is 0 Å². The van der Waals surface area contributed by atoms with Crippen molar-refractivity contribution < 1.29 is 9.59 Å². The average Bonchev–Trinajstić information content (AvgIpc) is 2.81. The Morgan fingerprint density at radius 2 is 2.11 bits per heavy atom. The average molecular weight is 254 g/mol. The zero-order valence-corrected chi connectivity index (χ0v) is 10.7. The normalized spacial score (nSPS) is 29.1. The van der Waals surface area contributed by atoms with Crippen molar-refractivity contribution in [3.8, 4) is 0 Å². The number of nitrogens with zero attached hydrogens (tertiary/aromatic N) is 1. The number of hydrogen-bond acceptors (Lipinski definition) is 4. The second-order valence-corrected chi connectivity index (χ2v) is 5.15. The van der Waals surface area contributed by atoms with Crippen molar-refractivity contribution in [1.82, 2.24) is 15.5 Å². The van der Waals surface area contributed by atoms with Crippen molar-refractivity contribution in [2.24, 2.45) is 5.73 Å². The molecule has 4 N–H and O–H groups in total. The fraction of sp³-hybridized carbons (Fsp3) is 0.833. The van der Waals surface area contributed by atoms with Crippen LogP contribution in [0.15, 0.2) is 0 Å². The number of primary amides is 1. The summed E-state index contributed by atoms with van der Waals surface area (Å²) in [5, 5.41) is 5.64. The van der Waals surface area contributed by atoms with Gasteiger partial charge in [-0.3, -0.25) is 15.0 Å². The van der Waals surface area contributed by atoms with Crippen LogP contribution in [0.1, 0.15) is 32.1 Å². The molecule has 2 rings (SSSR count). The molecule has 6 heteroatoms. The maximum atomic E-state index is 11.6. The van der Waals surface area contributed by atoms with E-state index in [0.29, 0.717) is 12.1 Å². The fourth-order valence-electron chi connectivity index (χ4n) is 3.07. The van der Waals surface area contributed by atoms with Gasteiger partial charge in [0.05, 0.1) is 6.54 Å². The third-order valence-electron chi connectivity index (χ3n) is 3.84. The molecular formula is C12H22N4O2. The molecule has 0 aromatic heterocycles. The summed E-state index contributed by atoms with van der Waals surface area (Å²) in [4.78, 5) is 24.4. The van der Waals surface area contributed by atoms with E-state index in [1.54, 1.807) is 0 Å². The Morgan fingerprint density at radius 1 is 1.28 bits per heavy atom. The second kappa shape index (κ2) is 6.15. The van der Waals surface area contributed by atoms with Crippen LogP contribution in [0.2, 0.25) is 0 Å². The van der Waals surface area contributed by atoms with E-state index in [9.17, 15) is 9.59 Å². The Balaban J connectivity index is 1.90. The minimum Gasteiger partial charge on any atom is -0.351 e. The number of urea groups is 1. The first-order valence-corrected chi connectivity index (χ1v) is 6.73. The molecule has 0 bridgehead atoms. The molecule has 2 saturated heterocycles. The van der Waals surface area contributed by atoms with Crippen molar-refractivity contribution in [3.05, 3.63) is 0 Å². The molecular weight excluding hydrogens is 232 g/mol. The highest BCUT2D eigenvalue weighted by molar-refractivity contribution is 5.94. The summed E-state index contributed by atoms with van der Waals surface area (Å²) in [5.74, 6) is -0.299. The monoisotopic (exact) mass is 254 g/mol. The van der Waals surface area contributed by atoms with E-state index in [1.165, 1.54) is 19.3 Å². The quantitative estimate of drug-likeness (QED) is 0.650. The molecule has 0 aromatic carbocycles. The number of carbonyl (C=O) groups excluding carboxylic acids is 2. The summed E-state index contributed by atoms with van der Waals surface area (Å²) >= 11 is 0. The predicted molar refractivity (Wildman–Crippen MR) is 68.0 cm³/mol. The molecule has 2 fully saturated rings. The SMILES string of the molecule is NC(=O)NC(=O)CN1CCCCC1C1CCCN1. The Labute approximate surface area is 107 Å². The van der Waals surface area contributed by atoms with Gasteiger partial charge in [-0.2, -0.15) is 0 Å². The van der Waals surface area contributed by atoms with Crippen LogP contribution in [-0.4, -0.2) is 48.6 Å². The Hall–Kier alpha value is -1.14. The minimum atomic E-state index is -0.771. The molecule has 102 valence electrons. The number of nitrogens with two attached hydrogens (primary N) is 1. The summed E-state index contributed by atoms with van der Waals surface area (Å²) < 4.78 is 0. The highest BCUT2D eigenvalue weighted by Gasteiger charge is 2.32. The largest absolute Gasteiger partial charge is 0.351 e. The predicted octanol–water partition coefficient (Wildman–Crippen LogP) is -0.212. The number of piperidine rings is 1. The molecule has 0 aromatic rings. The van der Waals surface area contributed by atoms with Crippen molar-refractivity contribution in [2.45, 2.75) is 44.2 Å². The first kappa shape index (κ1) is 13.3. The van der Waals surface area contributed by atoms with E-state index in [-0.39, 0.29) is 12.5 Å². The molecule has 2 aliphatic heterocycles. The molecule has 3 amide bonds. The van der Waals surface area contributed by atoms with Gasteiger partial charge in [-0.05, 0) is 38.8 Å². The second-order valence-electron chi connectivity index (χ2n) is 5.15. The molecule has 0 spiro atoms. The maximum absolute atomic E-state index is 11.6. The lowest BCUT2D eigenvalue weighted by molar-refractivity contribution is -0.122. The molecule has 2 atom stereocenters. The molecule has 6 nitrogen and oxygen atoms in total. The van der Waals surface area contributed by atoms with Crippen molar-refractivity contribution >= 4 is 11.9 Å². The number of nitrogens with one attached hydrogen (secondary N) is 2.